The molecule has 0 amide bonds. The summed E-state index contributed by atoms with van der Waals surface area (Å²) in [5, 5.41) is 13.2. The Morgan fingerprint density at radius 3 is 2.73 bits per heavy atom. The van der Waals surface area contributed by atoms with Gasteiger partial charge in [0.15, 0.2) is 5.15 Å². The van der Waals surface area contributed by atoms with Crippen molar-refractivity contribution in [2.45, 2.75) is 32.9 Å². The van der Waals surface area contributed by atoms with Crippen molar-refractivity contribution in [3.05, 3.63) is 23.0 Å². The van der Waals surface area contributed by atoms with E-state index in [0.29, 0.717) is 29.8 Å². The quantitative estimate of drug-likeness (QED) is 0.647. The van der Waals surface area contributed by atoms with E-state index in [1.807, 2.05) is 32.7 Å². The molecular formula is C15H22ClN5O. The van der Waals surface area contributed by atoms with Crippen LogP contribution in [0.3, 0.4) is 0 Å². The van der Waals surface area contributed by atoms with Crippen LogP contribution < -0.4 is 10.3 Å². The van der Waals surface area contributed by atoms with Gasteiger partial charge >= 0.3 is 0 Å². The molecule has 0 bridgehead atoms. The van der Waals surface area contributed by atoms with Crippen LogP contribution in [-0.2, 0) is 4.74 Å². The van der Waals surface area contributed by atoms with Crippen molar-refractivity contribution >= 4 is 28.7 Å². The van der Waals surface area contributed by atoms with Crippen LogP contribution in [0.4, 0.5) is 5.69 Å². The minimum atomic E-state index is -0.0369. The Bertz CT molecular complexity index is 585. The van der Waals surface area contributed by atoms with Crippen LogP contribution >= 0.6 is 11.6 Å². The minimum Gasteiger partial charge on any atom is -0.377 e. The van der Waals surface area contributed by atoms with Crippen LogP contribution in [0.5, 0.6) is 0 Å². The van der Waals surface area contributed by atoms with Crippen molar-refractivity contribution in [1.29, 1.82) is 5.41 Å². The first-order valence-corrected chi connectivity index (χ1v) is 7.85. The summed E-state index contributed by atoms with van der Waals surface area (Å²) in [5.41, 5.74) is 5.71. The Morgan fingerprint density at radius 1 is 1.45 bits per heavy atom. The Balaban J connectivity index is 0.000000847. The molecule has 2 N–H and O–H groups in total. The van der Waals surface area contributed by atoms with Crippen LogP contribution in [0.15, 0.2) is 17.4 Å². The molecule has 22 heavy (non-hydrogen) atoms. The molecule has 1 atom stereocenters. The molecule has 1 saturated heterocycles. The number of pyridine rings is 1. The van der Waals surface area contributed by atoms with Gasteiger partial charge in [-0.05, 0) is 13.0 Å². The molecule has 2 aliphatic rings. The molecule has 1 unspecified atom stereocenters. The van der Waals surface area contributed by atoms with Crippen LogP contribution in [0, 0.1) is 5.41 Å². The van der Waals surface area contributed by atoms with E-state index >= 15 is 0 Å². The summed E-state index contributed by atoms with van der Waals surface area (Å²) < 4.78 is 5.10. The van der Waals surface area contributed by atoms with Gasteiger partial charge in [0.2, 0.25) is 0 Å². The molecule has 0 aliphatic carbocycles. The van der Waals surface area contributed by atoms with Crippen molar-refractivity contribution in [3.8, 4) is 0 Å². The number of nitrogens with zero attached hydrogens (tertiary/aromatic N) is 3. The summed E-state index contributed by atoms with van der Waals surface area (Å²) in [6.07, 6.45) is 1.62. The Labute approximate surface area is 136 Å². The number of nitrogens with one attached hydrogen (secondary N) is 2. The summed E-state index contributed by atoms with van der Waals surface area (Å²) in [4.78, 5) is 6.09. The number of hydrogen-bond donors (Lipinski definition) is 2. The van der Waals surface area contributed by atoms with Crippen LogP contribution in [0.25, 0.3) is 0 Å². The fourth-order valence-corrected chi connectivity index (χ4v) is 2.60. The molecule has 6 nitrogen and oxygen atoms in total. The van der Waals surface area contributed by atoms with Gasteiger partial charge < -0.3 is 15.1 Å². The molecule has 1 aromatic rings. The standard InChI is InChI=1S/C13H16ClN5O.C2H6/c1-7-11(18-17-8-5-20-6-8)10(15)9-3-4-16-13(14)12(9)19(7)2;1-2/h3-4,7-8,15,17H,5-6H2,1-2H3;1-2H3/b15-10?,18-11-;. The highest BCUT2D eigenvalue weighted by atomic mass is 35.5. The number of anilines is 1. The van der Waals surface area contributed by atoms with Gasteiger partial charge in [0.25, 0.3) is 0 Å². The van der Waals surface area contributed by atoms with Crippen LogP contribution in [0.1, 0.15) is 26.3 Å². The van der Waals surface area contributed by atoms with Gasteiger partial charge in [-0.3, -0.25) is 5.41 Å². The second-order valence-electron chi connectivity index (χ2n) is 5.02. The zero-order valence-electron chi connectivity index (χ0n) is 13.4. The molecule has 2 aliphatic heterocycles. The number of halogens is 1. The highest BCUT2D eigenvalue weighted by Crippen LogP contribution is 2.33. The van der Waals surface area contributed by atoms with E-state index in [0.717, 1.165) is 11.3 Å². The van der Waals surface area contributed by atoms with Crippen molar-refractivity contribution in [3.63, 3.8) is 0 Å². The van der Waals surface area contributed by atoms with Crippen LogP contribution in [0.2, 0.25) is 5.15 Å². The molecular weight excluding hydrogens is 302 g/mol. The van der Waals surface area contributed by atoms with Crippen molar-refractivity contribution in [2.75, 3.05) is 25.2 Å². The first-order valence-electron chi connectivity index (χ1n) is 7.47. The van der Waals surface area contributed by atoms with Gasteiger partial charge in [0.1, 0.15) is 5.71 Å². The molecule has 120 valence electrons. The Hall–Kier alpha value is -1.66. The average Bonchev–Trinajstić information content (AvgIpc) is 2.48. The number of aromatic nitrogens is 1. The predicted molar refractivity (Wildman–Crippen MR) is 90.5 cm³/mol. The van der Waals surface area contributed by atoms with E-state index < -0.39 is 0 Å². The molecule has 3 heterocycles. The lowest BCUT2D eigenvalue weighted by molar-refractivity contribution is -0.00452. The molecule has 1 fully saturated rings. The second kappa shape index (κ2) is 7.07. The zero-order chi connectivity index (χ0) is 16.3. The number of rotatable bonds is 2. The maximum absolute atomic E-state index is 8.35. The summed E-state index contributed by atoms with van der Waals surface area (Å²) in [5.74, 6) is 0. The summed E-state index contributed by atoms with van der Waals surface area (Å²) >= 11 is 6.15. The van der Waals surface area contributed by atoms with E-state index in [4.69, 9.17) is 21.7 Å². The van der Waals surface area contributed by atoms with Gasteiger partial charge in [-0.15, -0.1) is 0 Å². The van der Waals surface area contributed by atoms with Crippen molar-refractivity contribution in [1.82, 2.24) is 10.4 Å². The lowest BCUT2D eigenvalue weighted by Gasteiger charge is -2.35. The van der Waals surface area contributed by atoms with E-state index in [2.05, 4.69) is 15.5 Å². The van der Waals surface area contributed by atoms with Gasteiger partial charge in [0, 0.05) is 18.8 Å². The molecule has 0 radical (unpaired) electrons. The van der Waals surface area contributed by atoms with E-state index in [1.165, 1.54) is 0 Å². The van der Waals surface area contributed by atoms with Crippen molar-refractivity contribution < 1.29 is 4.74 Å². The Morgan fingerprint density at radius 2 is 2.14 bits per heavy atom. The Kier molecular flexibility index (Phi) is 5.37. The smallest absolute Gasteiger partial charge is 0.152 e. The fourth-order valence-electron chi connectivity index (χ4n) is 2.31. The highest BCUT2D eigenvalue weighted by molar-refractivity contribution is 6.52. The van der Waals surface area contributed by atoms with Gasteiger partial charge in [-0.2, -0.15) is 5.10 Å². The topological polar surface area (TPSA) is 73.6 Å². The molecule has 0 spiro atoms. The first-order chi connectivity index (χ1) is 10.6. The maximum atomic E-state index is 8.35. The monoisotopic (exact) mass is 323 g/mol. The number of fused-ring (bicyclic) bond motifs is 1. The largest absolute Gasteiger partial charge is 0.377 e. The number of hydrogen-bond acceptors (Lipinski definition) is 6. The average molecular weight is 324 g/mol. The van der Waals surface area contributed by atoms with Gasteiger partial charge in [-0.25, -0.2) is 4.98 Å². The molecule has 1 aromatic heterocycles. The summed E-state index contributed by atoms with van der Waals surface area (Å²) in [7, 11) is 1.94. The molecule has 0 saturated carbocycles. The lowest BCUT2D eigenvalue weighted by atomic mass is 9.94. The molecule has 0 aromatic carbocycles. The third kappa shape index (κ3) is 2.94. The normalized spacial score (nSPS) is 22.6. The maximum Gasteiger partial charge on any atom is 0.152 e. The van der Waals surface area contributed by atoms with E-state index in [-0.39, 0.29) is 12.1 Å². The number of ether oxygens (including phenoxy) is 1. The SMILES string of the molecule is CC.CC1/C(=N/NC2COC2)C(=N)c2ccnc(Cl)c2N1C. The first kappa shape index (κ1) is 16.7. The second-order valence-corrected chi connectivity index (χ2v) is 5.38. The van der Waals surface area contributed by atoms with E-state index in [9.17, 15) is 0 Å². The van der Waals surface area contributed by atoms with Gasteiger partial charge in [0.05, 0.1) is 36.7 Å². The summed E-state index contributed by atoms with van der Waals surface area (Å²) in [6.45, 7) is 7.33. The summed E-state index contributed by atoms with van der Waals surface area (Å²) in [6, 6.07) is 2.01. The number of hydrazone groups is 1. The van der Waals surface area contributed by atoms with Crippen molar-refractivity contribution in [2.24, 2.45) is 5.10 Å². The van der Waals surface area contributed by atoms with Gasteiger partial charge in [-0.1, -0.05) is 25.4 Å². The molecule has 3 rings (SSSR count). The fraction of sp³-hybridized carbons (Fsp3) is 0.533. The predicted octanol–water partition coefficient (Wildman–Crippen LogP) is 2.31. The minimum absolute atomic E-state index is 0.0369. The molecule has 7 heteroatoms. The van der Waals surface area contributed by atoms with Crippen LogP contribution in [-0.4, -0.2) is 48.8 Å². The zero-order valence-corrected chi connectivity index (χ0v) is 14.1. The highest BCUT2D eigenvalue weighted by Gasteiger charge is 2.32. The third-order valence-electron chi connectivity index (χ3n) is 3.74. The third-order valence-corrected chi connectivity index (χ3v) is 4.02. The van der Waals surface area contributed by atoms with E-state index in [1.54, 1.807) is 12.3 Å². The lowest BCUT2D eigenvalue weighted by Crippen LogP contribution is -2.49.